The molecule has 0 saturated carbocycles. The highest BCUT2D eigenvalue weighted by Crippen LogP contribution is 1.79. The number of hydrogen-bond acceptors (Lipinski definition) is 2. The van der Waals surface area contributed by atoms with Gasteiger partial charge in [-0.15, -0.1) is 0 Å². The van der Waals surface area contributed by atoms with Crippen molar-refractivity contribution in [2.75, 3.05) is 27.2 Å². The molecule has 92 valence electrons. The predicted molar refractivity (Wildman–Crippen MR) is 58.4 cm³/mol. The van der Waals surface area contributed by atoms with Gasteiger partial charge in [0.2, 0.25) is 0 Å². The minimum absolute atomic E-state index is 0.838. The summed E-state index contributed by atoms with van der Waals surface area (Å²) in [4.78, 5) is 2.02. The first-order valence-corrected chi connectivity index (χ1v) is 5.77. The molecule has 0 rings (SSSR count). The summed E-state index contributed by atoms with van der Waals surface area (Å²) < 4.78 is 33.6. The van der Waals surface area contributed by atoms with Crippen LogP contribution in [0.25, 0.3) is 0 Å². The van der Waals surface area contributed by atoms with Gasteiger partial charge in [-0.25, -0.2) is 0 Å². The Morgan fingerprint density at radius 3 is 1.93 bits per heavy atom. The van der Waals surface area contributed by atoms with E-state index in [0.717, 1.165) is 19.0 Å². The topological polar surface area (TPSA) is 107 Å². The van der Waals surface area contributed by atoms with Gasteiger partial charge in [-0.2, -0.15) is 8.42 Å². The molecule has 0 spiro atoms. The molecule has 15 heavy (non-hydrogen) atoms. The van der Waals surface area contributed by atoms with Crippen LogP contribution in [0.5, 0.6) is 0 Å². The number of nitrogens with zero attached hydrogens (tertiary/aromatic N) is 2. The Bertz CT molecular complexity index is 291. The van der Waals surface area contributed by atoms with E-state index in [1.807, 2.05) is 23.6 Å². The monoisotopic (exact) mass is 242 g/mol. The van der Waals surface area contributed by atoms with Crippen molar-refractivity contribution < 1.29 is 22.1 Å². The molecule has 0 aromatic heterocycles. The maximum Gasteiger partial charge on any atom is 0.394 e. The summed E-state index contributed by atoms with van der Waals surface area (Å²) in [5.41, 5.74) is 5.75. The first kappa shape index (κ1) is 16.6. The van der Waals surface area contributed by atoms with Crippen molar-refractivity contribution in [2.24, 2.45) is 5.73 Å². The van der Waals surface area contributed by atoms with Gasteiger partial charge in [0.1, 0.15) is 0 Å². The highest BCUT2D eigenvalue weighted by molar-refractivity contribution is 7.79. The van der Waals surface area contributed by atoms with Gasteiger partial charge in [0.05, 0.1) is 27.2 Å². The highest BCUT2D eigenvalue weighted by Gasteiger charge is 2.06. The molecule has 0 heterocycles. The van der Waals surface area contributed by atoms with Crippen molar-refractivity contribution in [3.05, 3.63) is 0 Å². The van der Waals surface area contributed by atoms with Crippen molar-refractivity contribution in [3.63, 3.8) is 0 Å². The van der Waals surface area contributed by atoms with Crippen molar-refractivity contribution in [3.8, 4) is 0 Å². The van der Waals surface area contributed by atoms with Crippen LogP contribution in [0.2, 0.25) is 0 Å². The minimum atomic E-state index is -4.67. The summed E-state index contributed by atoms with van der Waals surface area (Å²) in [7, 11) is -0.691. The molecule has 4 N–H and O–H groups in total. The van der Waals surface area contributed by atoms with Crippen LogP contribution >= 0.6 is 0 Å². The van der Waals surface area contributed by atoms with Gasteiger partial charge in [-0.1, -0.05) is 0 Å². The zero-order valence-corrected chi connectivity index (χ0v) is 10.3. The summed E-state index contributed by atoms with van der Waals surface area (Å²) in [6.45, 7) is 6.07. The lowest BCUT2D eigenvalue weighted by molar-refractivity contribution is -0.499. The van der Waals surface area contributed by atoms with Crippen LogP contribution < -0.4 is 5.73 Å². The smallest absolute Gasteiger partial charge is 0.291 e. The summed E-state index contributed by atoms with van der Waals surface area (Å²) in [5, 5.41) is 0. The Morgan fingerprint density at radius 2 is 1.73 bits per heavy atom. The van der Waals surface area contributed by atoms with Crippen molar-refractivity contribution in [1.82, 2.24) is 4.90 Å². The molecular formula is C7H20N3O4S+. The lowest BCUT2D eigenvalue weighted by Crippen LogP contribution is -2.40. The molecule has 8 heteroatoms. The SMILES string of the molecule is CCN(C)C(N)=[N+](C)CC.O=S(=O)(O)O. The summed E-state index contributed by atoms with van der Waals surface area (Å²) in [6, 6.07) is 0. The summed E-state index contributed by atoms with van der Waals surface area (Å²) in [6.07, 6.45) is 0. The van der Waals surface area contributed by atoms with Gasteiger partial charge < -0.3 is 0 Å². The second kappa shape index (κ2) is 7.43. The third kappa shape index (κ3) is 13.1. The largest absolute Gasteiger partial charge is 0.394 e. The standard InChI is InChI=1S/C7H17N3.H2O4S/c1-5-9(3)7(8)10(4)6-2;1-5(2,3)4/h8H,5-6H2,1-4H3;(H2,1,2,3,4)/p+1. The normalized spacial score (nSPS) is 12.4. The van der Waals surface area contributed by atoms with Gasteiger partial charge >= 0.3 is 16.4 Å². The zero-order valence-electron chi connectivity index (χ0n) is 9.51. The minimum Gasteiger partial charge on any atom is -0.291 e. The average Bonchev–Trinajstić information content (AvgIpc) is 2.11. The first-order chi connectivity index (χ1) is 6.63. The molecule has 0 amide bonds. The second-order valence-corrected chi connectivity index (χ2v) is 3.73. The molecule has 0 aromatic carbocycles. The summed E-state index contributed by atoms with van der Waals surface area (Å²) >= 11 is 0. The van der Waals surface area contributed by atoms with Crippen molar-refractivity contribution >= 4 is 16.4 Å². The van der Waals surface area contributed by atoms with Crippen LogP contribution in [0.15, 0.2) is 0 Å². The zero-order chi connectivity index (χ0) is 12.6. The average molecular weight is 242 g/mol. The van der Waals surface area contributed by atoms with Gasteiger partial charge in [-0.05, 0) is 13.8 Å². The molecule has 0 bridgehead atoms. The van der Waals surface area contributed by atoms with E-state index < -0.39 is 10.4 Å². The molecule has 0 fully saturated rings. The van der Waals surface area contributed by atoms with E-state index in [0.29, 0.717) is 0 Å². The first-order valence-electron chi connectivity index (χ1n) is 4.38. The predicted octanol–water partition coefficient (Wildman–Crippen LogP) is -0.738. The van der Waals surface area contributed by atoms with E-state index in [4.69, 9.17) is 23.3 Å². The van der Waals surface area contributed by atoms with Crippen LogP contribution in [-0.2, 0) is 10.4 Å². The van der Waals surface area contributed by atoms with E-state index in [9.17, 15) is 0 Å². The Labute approximate surface area is 90.8 Å². The Morgan fingerprint density at radius 1 is 1.40 bits per heavy atom. The molecule has 0 aliphatic heterocycles. The van der Waals surface area contributed by atoms with Gasteiger partial charge in [0.25, 0.3) is 0 Å². The third-order valence-corrected chi connectivity index (χ3v) is 1.73. The Hall–Kier alpha value is -0.860. The fraction of sp³-hybridized carbons (Fsp3) is 0.857. The lowest BCUT2D eigenvalue weighted by atomic mass is 10.6. The molecule has 0 aromatic rings. The Balaban J connectivity index is 0. The molecular weight excluding hydrogens is 222 g/mol. The quantitative estimate of drug-likeness (QED) is 0.255. The van der Waals surface area contributed by atoms with Crippen LogP contribution in [0.4, 0.5) is 0 Å². The maximum absolute atomic E-state index is 8.74. The van der Waals surface area contributed by atoms with Crippen molar-refractivity contribution in [1.29, 1.82) is 0 Å². The number of rotatable bonds is 2. The van der Waals surface area contributed by atoms with Gasteiger partial charge in [0.15, 0.2) is 0 Å². The van der Waals surface area contributed by atoms with Crippen LogP contribution in [0.3, 0.4) is 0 Å². The van der Waals surface area contributed by atoms with E-state index in [1.54, 1.807) is 0 Å². The molecule has 0 aliphatic carbocycles. The van der Waals surface area contributed by atoms with Crippen LogP contribution in [0, 0.1) is 0 Å². The van der Waals surface area contributed by atoms with E-state index in [2.05, 4.69) is 13.8 Å². The van der Waals surface area contributed by atoms with Gasteiger partial charge in [0, 0.05) is 0 Å². The molecule has 0 radical (unpaired) electrons. The fourth-order valence-electron chi connectivity index (χ4n) is 0.615. The van der Waals surface area contributed by atoms with E-state index >= 15 is 0 Å². The molecule has 0 atom stereocenters. The second-order valence-electron chi connectivity index (χ2n) is 2.83. The van der Waals surface area contributed by atoms with E-state index in [-0.39, 0.29) is 0 Å². The van der Waals surface area contributed by atoms with Gasteiger partial charge in [-0.3, -0.25) is 24.3 Å². The van der Waals surface area contributed by atoms with Crippen molar-refractivity contribution in [2.45, 2.75) is 13.8 Å². The maximum atomic E-state index is 8.74. The molecule has 0 saturated heterocycles. The lowest BCUT2D eigenvalue weighted by Gasteiger charge is -2.11. The molecule has 0 aliphatic rings. The Kier molecular flexibility index (Phi) is 8.21. The molecule has 0 unspecified atom stereocenters. The molecule has 7 nitrogen and oxygen atoms in total. The van der Waals surface area contributed by atoms with Crippen LogP contribution in [0.1, 0.15) is 13.8 Å². The summed E-state index contributed by atoms with van der Waals surface area (Å²) in [5.74, 6) is 0.838. The number of hydrogen-bond donors (Lipinski definition) is 3. The highest BCUT2D eigenvalue weighted by atomic mass is 32.3. The van der Waals surface area contributed by atoms with E-state index in [1.165, 1.54) is 0 Å². The fourth-order valence-corrected chi connectivity index (χ4v) is 0.615. The van der Waals surface area contributed by atoms with Crippen LogP contribution in [-0.4, -0.2) is 60.1 Å². The number of guanidine groups is 1. The number of nitrogens with two attached hydrogens (primary N) is 1. The third-order valence-electron chi connectivity index (χ3n) is 1.73.